The van der Waals surface area contributed by atoms with E-state index in [0.717, 1.165) is 11.1 Å². The molecule has 0 aliphatic heterocycles. The number of halogens is 1. The van der Waals surface area contributed by atoms with Crippen LogP contribution in [0.1, 0.15) is 15.2 Å². The minimum absolute atomic E-state index is 0.295. The van der Waals surface area contributed by atoms with Gasteiger partial charge in [0, 0.05) is 9.35 Å². The summed E-state index contributed by atoms with van der Waals surface area (Å²) in [5.41, 5.74) is 2.34. The molecule has 1 N–H and O–H groups in total. The molecule has 4 heteroatoms. The number of hydrogen-bond donors (Lipinski definition) is 1. The number of carboxylic acid groups (broad SMARTS) is 1. The van der Waals surface area contributed by atoms with Crippen molar-refractivity contribution in [1.82, 2.24) is 0 Å². The maximum Gasteiger partial charge on any atom is 0.336 e. The molecule has 0 aliphatic carbocycles. The van der Waals surface area contributed by atoms with Gasteiger partial charge < -0.3 is 5.11 Å². The molecule has 1 aromatic heterocycles. The molecule has 0 radical (unpaired) electrons. The number of hydrogen-bond acceptors (Lipinski definition) is 2. The maximum absolute atomic E-state index is 11.0. The van der Waals surface area contributed by atoms with Gasteiger partial charge in [-0.05, 0) is 57.6 Å². The summed E-state index contributed by atoms with van der Waals surface area (Å²) >= 11 is 4.89. The highest BCUT2D eigenvalue weighted by atomic mass is 79.9. The minimum atomic E-state index is -0.915. The fraction of sp³-hybridized carbons (Fsp3) is 0.0833. The normalized spacial score (nSPS) is 10.4. The smallest absolute Gasteiger partial charge is 0.336 e. The lowest BCUT2D eigenvalue weighted by atomic mass is 10.0. The zero-order chi connectivity index (χ0) is 11.7. The number of aryl methyl sites for hydroxylation is 1. The molecule has 0 atom stereocenters. The molecule has 82 valence electrons. The zero-order valence-corrected chi connectivity index (χ0v) is 10.9. The van der Waals surface area contributed by atoms with Crippen molar-refractivity contribution in [3.05, 3.63) is 44.6 Å². The maximum atomic E-state index is 11.0. The first kappa shape index (κ1) is 11.4. The van der Waals surface area contributed by atoms with Crippen molar-refractivity contribution in [2.45, 2.75) is 6.92 Å². The van der Waals surface area contributed by atoms with Crippen LogP contribution in [0.5, 0.6) is 0 Å². The van der Waals surface area contributed by atoms with Gasteiger partial charge >= 0.3 is 5.97 Å². The Balaban J connectivity index is 2.56. The molecule has 2 aromatic rings. The molecular weight excluding hydrogens is 288 g/mol. The van der Waals surface area contributed by atoms with Crippen molar-refractivity contribution in [3.8, 4) is 11.1 Å². The molecule has 1 heterocycles. The minimum Gasteiger partial charge on any atom is -0.478 e. The topological polar surface area (TPSA) is 37.3 Å². The molecule has 16 heavy (non-hydrogen) atoms. The van der Waals surface area contributed by atoms with E-state index in [1.165, 1.54) is 4.88 Å². The van der Waals surface area contributed by atoms with Gasteiger partial charge in [-0.15, -0.1) is 11.3 Å². The fourth-order valence-electron chi connectivity index (χ4n) is 1.54. The van der Waals surface area contributed by atoms with Gasteiger partial charge in [0.1, 0.15) is 0 Å². The lowest BCUT2D eigenvalue weighted by molar-refractivity contribution is 0.0696. The second kappa shape index (κ2) is 4.39. The summed E-state index contributed by atoms with van der Waals surface area (Å²) in [7, 11) is 0. The highest BCUT2D eigenvalue weighted by Gasteiger charge is 2.11. The van der Waals surface area contributed by atoms with Crippen LogP contribution < -0.4 is 0 Å². The Morgan fingerprint density at radius 2 is 2.12 bits per heavy atom. The molecule has 0 saturated heterocycles. The van der Waals surface area contributed by atoms with Crippen LogP contribution in [0.3, 0.4) is 0 Å². The van der Waals surface area contributed by atoms with Crippen LogP contribution in [0, 0.1) is 6.92 Å². The average Bonchev–Trinajstić information content (AvgIpc) is 2.65. The fourth-order valence-corrected chi connectivity index (χ4v) is 2.68. The summed E-state index contributed by atoms with van der Waals surface area (Å²) in [4.78, 5) is 12.2. The standard InChI is InChI=1S/C12H9BrO2S/c1-7-9(4-5-16-7)8-2-3-11(13)10(6-8)12(14)15/h2-6H,1H3,(H,14,15). The van der Waals surface area contributed by atoms with Crippen molar-refractivity contribution in [2.75, 3.05) is 0 Å². The molecule has 2 rings (SSSR count). The Labute approximate surface area is 106 Å². The van der Waals surface area contributed by atoms with E-state index in [1.807, 2.05) is 24.4 Å². The van der Waals surface area contributed by atoms with E-state index in [4.69, 9.17) is 5.11 Å². The molecule has 0 bridgehead atoms. The third-order valence-corrected chi connectivity index (χ3v) is 3.90. The first-order chi connectivity index (χ1) is 7.59. The average molecular weight is 297 g/mol. The van der Waals surface area contributed by atoms with Crippen LogP contribution in [-0.4, -0.2) is 11.1 Å². The van der Waals surface area contributed by atoms with E-state index < -0.39 is 5.97 Å². The Hall–Kier alpha value is -1.13. The van der Waals surface area contributed by atoms with Crippen LogP contribution >= 0.6 is 27.3 Å². The molecule has 0 fully saturated rings. The monoisotopic (exact) mass is 296 g/mol. The van der Waals surface area contributed by atoms with E-state index in [9.17, 15) is 4.79 Å². The van der Waals surface area contributed by atoms with Crippen LogP contribution in [0.4, 0.5) is 0 Å². The van der Waals surface area contributed by atoms with Crippen LogP contribution in [0.15, 0.2) is 34.1 Å². The van der Waals surface area contributed by atoms with Gasteiger partial charge in [-0.3, -0.25) is 0 Å². The summed E-state index contributed by atoms with van der Waals surface area (Å²) in [5.74, 6) is -0.915. The van der Waals surface area contributed by atoms with Gasteiger partial charge in [0.05, 0.1) is 5.56 Å². The van der Waals surface area contributed by atoms with Gasteiger partial charge in [-0.1, -0.05) is 6.07 Å². The number of carboxylic acids is 1. The van der Waals surface area contributed by atoms with E-state index in [-0.39, 0.29) is 0 Å². The van der Waals surface area contributed by atoms with Crippen molar-refractivity contribution in [1.29, 1.82) is 0 Å². The highest BCUT2D eigenvalue weighted by Crippen LogP contribution is 2.30. The summed E-state index contributed by atoms with van der Waals surface area (Å²) in [5, 5.41) is 11.0. The van der Waals surface area contributed by atoms with Crippen molar-refractivity contribution >= 4 is 33.2 Å². The number of thiophene rings is 1. The Morgan fingerprint density at radius 1 is 1.38 bits per heavy atom. The highest BCUT2D eigenvalue weighted by molar-refractivity contribution is 9.10. The summed E-state index contributed by atoms with van der Waals surface area (Å²) in [6.45, 7) is 2.03. The van der Waals surface area contributed by atoms with Gasteiger partial charge in [-0.25, -0.2) is 4.79 Å². The van der Waals surface area contributed by atoms with Crippen molar-refractivity contribution < 1.29 is 9.90 Å². The summed E-state index contributed by atoms with van der Waals surface area (Å²) in [6, 6.07) is 7.40. The molecule has 0 amide bonds. The molecule has 0 spiro atoms. The van der Waals surface area contributed by atoms with Crippen LogP contribution in [0.2, 0.25) is 0 Å². The quantitative estimate of drug-likeness (QED) is 0.902. The summed E-state index contributed by atoms with van der Waals surface area (Å²) < 4.78 is 0.608. The Bertz CT molecular complexity index is 546. The predicted octanol–water partition coefficient (Wildman–Crippen LogP) is 4.18. The third-order valence-electron chi connectivity index (χ3n) is 2.37. The molecule has 0 saturated carbocycles. The van der Waals surface area contributed by atoms with E-state index in [2.05, 4.69) is 15.9 Å². The van der Waals surface area contributed by atoms with Gasteiger partial charge in [0.15, 0.2) is 0 Å². The van der Waals surface area contributed by atoms with E-state index in [1.54, 1.807) is 23.5 Å². The SMILES string of the molecule is Cc1sccc1-c1ccc(Br)c(C(=O)O)c1. The lowest BCUT2D eigenvalue weighted by Gasteiger charge is -2.04. The molecule has 1 aromatic carbocycles. The van der Waals surface area contributed by atoms with Gasteiger partial charge in [0.2, 0.25) is 0 Å². The second-order valence-electron chi connectivity index (χ2n) is 3.39. The zero-order valence-electron chi connectivity index (χ0n) is 8.53. The molecular formula is C12H9BrO2S. The lowest BCUT2D eigenvalue weighted by Crippen LogP contribution is -1.97. The van der Waals surface area contributed by atoms with Crippen LogP contribution in [0.25, 0.3) is 11.1 Å². The first-order valence-electron chi connectivity index (χ1n) is 4.67. The van der Waals surface area contributed by atoms with Gasteiger partial charge in [0.25, 0.3) is 0 Å². The van der Waals surface area contributed by atoms with Crippen LogP contribution in [-0.2, 0) is 0 Å². The first-order valence-corrected chi connectivity index (χ1v) is 6.34. The van der Waals surface area contributed by atoms with Crippen molar-refractivity contribution in [3.63, 3.8) is 0 Å². The number of carbonyl (C=O) groups is 1. The molecule has 2 nitrogen and oxygen atoms in total. The largest absolute Gasteiger partial charge is 0.478 e. The molecule has 0 aliphatic rings. The third kappa shape index (κ3) is 2.03. The van der Waals surface area contributed by atoms with Gasteiger partial charge in [-0.2, -0.15) is 0 Å². The van der Waals surface area contributed by atoms with Crippen molar-refractivity contribution in [2.24, 2.45) is 0 Å². The Kier molecular flexibility index (Phi) is 3.12. The second-order valence-corrected chi connectivity index (χ2v) is 5.36. The molecule has 0 unspecified atom stereocenters. The summed E-state index contributed by atoms with van der Waals surface area (Å²) in [6.07, 6.45) is 0. The van der Waals surface area contributed by atoms with E-state index in [0.29, 0.717) is 10.0 Å². The number of benzene rings is 1. The predicted molar refractivity (Wildman–Crippen MR) is 69.2 cm³/mol. The Morgan fingerprint density at radius 3 is 2.69 bits per heavy atom. The number of rotatable bonds is 2. The number of aromatic carboxylic acids is 1. The van der Waals surface area contributed by atoms with E-state index >= 15 is 0 Å².